The summed E-state index contributed by atoms with van der Waals surface area (Å²) in [5.74, 6) is 1.47. The van der Waals surface area contributed by atoms with Gasteiger partial charge in [-0.1, -0.05) is 12.1 Å². The maximum Gasteiger partial charge on any atom is 0.236 e. The minimum atomic E-state index is 0.458. The van der Waals surface area contributed by atoms with E-state index >= 15 is 0 Å². The first-order valence-electron chi connectivity index (χ1n) is 6.24. The predicted molar refractivity (Wildman–Crippen MR) is 74.4 cm³/mol. The molecule has 0 saturated heterocycles. The maximum absolute atomic E-state index is 5.96. The maximum atomic E-state index is 5.96. The number of ether oxygens (including phenoxy) is 2. The zero-order valence-electron chi connectivity index (χ0n) is 11.5. The van der Waals surface area contributed by atoms with Gasteiger partial charge in [0.1, 0.15) is 18.0 Å². The minimum absolute atomic E-state index is 0.458. The van der Waals surface area contributed by atoms with Gasteiger partial charge in [-0.2, -0.15) is 5.10 Å². The van der Waals surface area contributed by atoms with Crippen LogP contribution in [0.25, 0.3) is 0 Å². The van der Waals surface area contributed by atoms with Gasteiger partial charge in [-0.25, -0.2) is 4.68 Å². The highest BCUT2D eigenvalue weighted by atomic mass is 16.5. The van der Waals surface area contributed by atoms with Gasteiger partial charge in [0, 0.05) is 6.54 Å². The van der Waals surface area contributed by atoms with E-state index in [1.807, 2.05) is 38.1 Å². The van der Waals surface area contributed by atoms with E-state index in [9.17, 15) is 0 Å². The van der Waals surface area contributed by atoms with Crippen LogP contribution in [0.5, 0.6) is 11.6 Å². The summed E-state index contributed by atoms with van der Waals surface area (Å²) in [5, 5.41) is 4.31. The van der Waals surface area contributed by atoms with Crippen LogP contribution in [0.1, 0.15) is 18.2 Å². The molecule has 102 valence electrons. The summed E-state index contributed by atoms with van der Waals surface area (Å²) in [4.78, 5) is 0. The fourth-order valence-electron chi connectivity index (χ4n) is 1.81. The van der Waals surface area contributed by atoms with Crippen LogP contribution in [0.3, 0.4) is 0 Å². The Bertz CT molecular complexity index is 547. The van der Waals surface area contributed by atoms with Crippen LogP contribution in [-0.4, -0.2) is 16.9 Å². The molecule has 0 spiro atoms. The number of methoxy groups -OCH3 is 1. The van der Waals surface area contributed by atoms with Crippen LogP contribution in [-0.2, 0) is 13.2 Å². The first-order valence-corrected chi connectivity index (χ1v) is 6.24. The van der Waals surface area contributed by atoms with Crippen molar-refractivity contribution in [2.24, 2.45) is 0 Å². The Labute approximate surface area is 112 Å². The average molecular weight is 261 g/mol. The number of hydrogen-bond acceptors (Lipinski definition) is 4. The van der Waals surface area contributed by atoms with Gasteiger partial charge < -0.3 is 15.2 Å². The summed E-state index contributed by atoms with van der Waals surface area (Å²) in [6.45, 7) is 5.07. The molecule has 1 aromatic heterocycles. The first-order chi connectivity index (χ1) is 9.15. The van der Waals surface area contributed by atoms with Crippen molar-refractivity contribution in [3.8, 4) is 11.6 Å². The SMILES string of the molecule is CCn1nc(C)c(N)c1OCc1ccc(OC)cc1. The molecule has 0 amide bonds. The highest BCUT2D eigenvalue weighted by molar-refractivity contribution is 5.52. The summed E-state index contributed by atoms with van der Waals surface area (Å²) < 4.78 is 12.7. The zero-order chi connectivity index (χ0) is 13.8. The summed E-state index contributed by atoms with van der Waals surface area (Å²) in [6, 6.07) is 7.75. The molecule has 0 atom stereocenters. The van der Waals surface area contributed by atoms with Crippen molar-refractivity contribution in [1.29, 1.82) is 0 Å². The van der Waals surface area contributed by atoms with Crippen molar-refractivity contribution < 1.29 is 9.47 Å². The first kappa shape index (κ1) is 13.3. The topological polar surface area (TPSA) is 62.3 Å². The zero-order valence-corrected chi connectivity index (χ0v) is 11.5. The monoisotopic (exact) mass is 261 g/mol. The van der Waals surface area contributed by atoms with Gasteiger partial charge >= 0.3 is 0 Å². The van der Waals surface area contributed by atoms with Crippen molar-refractivity contribution in [3.63, 3.8) is 0 Å². The molecular weight excluding hydrogens is 242 g/mol. The van der Waals surface area contributed by atoms with Gasteiger partial charge in [0.25, 0.3) is 0 Å². The van der Waals surface area contributed by atoms with Gasteiger partial charge in [-0.15, -0.1) is 0 Å². The fraction of sp³-hybridized carbons (Fsp3) is 0.357. The molecular formula is C14H19N3O2. The third-order valence-corrected chi connectivity index (χ3v) is 2.96. The fourth-order valence-corrected chi connectivity index (χ4v) is 1.81. The average Bonchev–Trinajstić information content (AvgIpc) is 2.72. The van der Waals surface area contributed by atoms with Gasteiger partial charge in [0.05, 0.1) is 12.8 Å². The van der Waals surface area contributed by atoms with Crippen LogP contribution in [0, 0.1) is 6.92 Å². The predicted octanol–water partition coefficient (Wildman–Crippen LogP) is 2.38. The molecule has 0 unspecified atom stereocenters. The minimum Gasteiger partial charge on any atom is -0.497 e. The molecule has 2 aromatic rings. The molecule has 2 N–H and O–H groups in total. The van der Waals surface area contributed by atoms with Crippen LogP contribution < -0.4 is 15.2 Å². The molecule has 0 aliphatic heterocycles. The molecule has 0 bridgehead atoms. The van der Waals surface area contributed by atoms with E-state index in [2.05, 4.69) is 5.10 Å². The quantitative estimate of drug-likeness (QED) is 0.897. The second-order valence-corrected chi connectivity index (χ2v) is 4.26. The van der Waals surface area contributed by atoms with Crippen molar-refractivity contribution in [3.05, 3.63) is 35.5 Å². The Morgan fingerprint density at radius 1 is 1.26 bits per heavy atom. The number of rotatable bonds is 5. The lowest BCUT2D eigenvalue weighted by molar-refractivity contribution is 0.275. The van der Waals surface area contributed by atoms with E-state index in [1.54, 1.807) is 11.8 Å². The van der Waals surface area contributed by atoms with E-state index in [4.69, 9.17) is 15.2 Å². The van der Waals surface area contributed by atoms with Crippen molar-refractivity contribution in [2.75, 3.05) is 12.8 Å². The third-order valence-electron chi connectivity index (χ3n) is 2.96. The summed E-state index contributed by atoms with van der Waals surface area (Å²) in [7, 11) is 1.65. The smallest absolute Gasteiger partial charge is 0.236 e. The summed E-state index contributed by atoms with van der Waals surface area (Å²) in [6.07, 6.45) is 0. The van der Waals surface area contributed by atoms with E-state index < -0.39 is 0 Å². The van der Waals surface area contributed by atoms with Gasteiger partial charge in [-0.05, 0) is 31.5 Å². The van der Waals surface area contributed by atoms with Crippen LogP contribution >= 0.6 is 0 Å². The van der Waals surface area contributed by atoms with Gasteiger partial charge in [0.15, 0.2) is 0 Å². The van der Waals surface area contributed by atoms with E-state index in [0.29, 0.717) is 18.2 Å². The number of nitrogens with zero attached hydrogens (tertiary/aromatic N) is 2. The Balaban J connectivity index is 2.09. The standard InChI is InChI=1S/C14H19N3O2/c1-4-17-14(13(15)10(2)16-17)19-9-11-5-7-12(18-3)8-6-11/h5-8H,4,9,15H2,1-3H3. The number of aromatic nitrogens is 2. The number of nitrogen functional groups attached to an aromatic ring is 1. The van der Waals surface area contributed by atoms with Crippen LogP contribution in [0.2, 0.25) is 0 Å². The highest BCUT2D eigenvalue weighted by Crippen LogP contribution is 2.25. The van der Waals surface area contributed by atoms with Gasteiger partial charge in [0.2, 0.25) is 5.88 Å². The Morgan fingerprint density at radius 2 is 1.95 bits per heavy atom. The number of nitrogens with two attached hydrogens (primary N) is 1. The normalized spacial score (nSPS) is 10.5. The molecule has 0 aliphatic carbocycles. The van der Waals surface area contributed by atoms with Crippen LogP contribution in [0.15, 0.2) is 24.3 Å². The molecule has 1 aromatic carbocycles. The van der Waals surface area contributed by atoms with E-state index in [-0.39, 0.29) is 0 Å². The Morgan fingerprint density at radius 3 is 2.53 bits per heavy atom. The second-order valence-electron chi connectivity index (χ2n) is 4.26. The molecule has 1 heterocycles. The lowest BCUT2D eigenvalue weighted by Gasteiger charge is -2.09. The highest BCUT2D eigenvalue weighted by Gasteiger charge is 2.12. The molecule has 0 aliphatic rings. The second kappa shape index (κ2) is 5.65. The molecule has 0 radical (unpaired) electrons. The number of aryl methyl sites for hydroxylation is 2. The van der Waals surface area contributed by atoms with E-state index in [0.717, 1.165) is 23.6 Å². The lowest BCUT2D eigenvalue weighted by atomic mass is 10.2. The van der Waals surface area contributed by atoms with Crippen molar-refractivity contribution in [2.45, 2.75) is 27.0 Å². The molecule has 19 heavy (non-hydrogen) atoms. The summed E-state index contributed by atoms with van der Waals surface area (Å²) >= 11 is 0. The molecule has 5 heteroatoms. The lowest BCUT2D eigenvalue weighted by Crippen LogP contribution is -2.04. The van der Waals surface area contributed by atoms with Gasteiger partial charge in [-0.3, -0.25) is 0 Å². The van der Waals surface area contributed by atoms with E-state index in [1.165, 1.54) is 0 Å². The summed E-state index contributed by atoms with van der Waals surface area (Å²) in [5.41, 5.74) is 8.42. The molecule has 5 nitrogen and oxygen atoms in total. The third kappa shape index (κ3) is 2.81. The number of benzene rings is 1. The number of anilines is 1. The van der Waals surface area contributed by atoms with Crippen LogP contribution in [0.4, 0.5) is 5.69 Å². The Kier molecular flexibility index (Phi) is 3.94. The van der Waals surface area contributed by atoms with Crippen molar-refractivity contribution in [1.82, 2.24) is 9.78 Å². The molecule has 0 fully saturated rings. The molecule has 2 rings (SSSR count). The number of hydrogen-bond donors (Lipinski definition) is 1. The Hall–Kier alpha value is -2.17. The van der Waals surface area contributed by atoms with Crippen molar-refractivity contribution >= 4 is 5.69 Å². The largest absolute Gasteiger partial charge is 0.497 e. The molecule has 0 saturated carbocycles.